The van der Waals surface area contributed by atoms with Gasteiger partial charge >= 0.3 is 0 Å². The third kappa shape index (κ3) is 4.19. The summed E-state index contributed by atoms with van der Waals surface area (Å²) in [6.45, 7) is 6.00. The zero-order chi connectivity index (χ0) is 17.7. The predicted molar refractivity (Wildman–Crippen MR) is 95.4 cm³/mol. The number of hydrogen-bond acceptors (Lipinski definition) is 6. The molecule has 0 radical (unpaired) electrons. The highest BCUT2D eigenvalue weighted by molar-refractivity contribution is 7.99. The van der Waals surface area contributed by atoms with Gasteiger partial charge < -0.3 is 15.9 Å². The Morgan fingerprint density at radius 1 is 1.38 bits per heavy atom. The number of carbonyl (C=O) groups is 1. The van der Waals surface area contributed by atoms with Crippen LogP contribution < -0.4 is 15.9 Å². The molecule has 0 fully saturated rings. The van der Waals surface area contributed by atoms with E-state index in [4.69, 9.17) is 10.6 Å². The summed E-state index contributed by atoms with van der Waals surface area (Å²) in [7, 11) is 1.59. The molecule has 0 aliphatic carbocycles. The van der Waals surface area contributed by atoms with Crippen LogP contribution >= 0.6 is 11.8 Å². The van der Waals surface area contributed by atoms with Crippen LogP contribution in [0.15, 0.2) is 29.4 Å². The Morgan fingerprint density at radius 3 is 2.75 bits per heavy atom. The van der Waals surface area contributed by atoms with Gasteiger partial charge in [0.05, 0.1) is 18.4 Å². The van der Waals surface area contributed by atoms with Crippen LogP contribution in [0.1, 0.15) is 27.2 Å². The van der Waals surface area contributed by atoms with E-state index < -0.39 is 0 Å². The Morgan fingerprint density at radius 2 is 2.08 bits per heavy atom. The summed E-state index contributed by atoms with van der Waals surface area (Å²) in [5, 5.41) is 11.6. The monoisotopic (exact) mass is 349 g/mol. The molecule has 0 saturated carbocycles. The van der Waals surface area contributed by atoms with Crippen molar-refractivity contribution in [2.45, 2.75) is 37.9 Å². The summed E-state index contributed by atoms with van der Waals surface area (Å²) < 4.78 is 6.70. The van der Waals surface area contributed by atoms with Crippen molar-refractivity contribution in [2.24, 2.45) is 0 Å². The van der Waals surface area contributed by atoms with Crippen LogP contribution in [0.3, 0.4) is 0 Å². The topological polar surface area (TPSA) is 95.1 Å². The van der Waals surface area contributed by atoms with Crippen molar-refractivity contribution in [3.8, 4) is 17.1 Å². The molecule has 0 bridgehead atoms. The van der Waals surface area contributed by atoms with Crippen LogP contribution in [0.2, 0.25) is 0 Å². The molecule has 0 aliphatic heterocycles. The van der Waals surface area contributed by atoms with Gasteiger partial charge in [-0.1, -0.05) is 30.8 Å². The predicted octanol–water partition coefficient (Wildman–Crippen LogP) is 2.06. The average Bonchev–Trinajstić information content (AvgIpc) is 2.93. The van der Waals surface area contributed by atoms with Gasteiger partial charge in [0, 0.05) is 5.54 Å². The SMILES string of the molecule is CCC(C)(C)NC(=O)CSc1nnc(-c2ccccc2OC)n1N. The van der Waals surface area contributed by atoms with Crippen LogP contribution in [0.25, 0.3) is 11.4 Å². The number of nitrogens with two attached hydrogens (primary N) is 1. The quantitative estimate of drug-likeness (QED) is 0.587. The molecule has 2 aromatic rings. The van der Waals surface area contributed by atoms with Crippen LogP contribution in [0, 0.1) is 0 Å². The molecule has 0 unspecified atom stereocenters. The molecule has 3 N–H and O–H groups in total. The zero-order valence-corrected chi connectivity index (χ0v) is 15.2. The maximum atomic E-state index is 12.0. The van der Waals surface area contributed by atoms with Crippen molar-refractivity contribution in [2.75, 3.05) is 18.7 Å². The lowest BCUT2D eigenvalue weighted by Gasteiger charge is -2.24. The fraction of sp³-hybridized carbons (Fsp3) is 0.438. The second kappa shape index (κ2) is 7.57. The Kier molecular flexibility index (Phi) is 5.71. The second-order valence-electron chi connectivity index (χ2n) is 5.95. The zero-order valence-electron chi connectivity index (χ0n) is 14.4. The number of rotatable bonds is 7. The first-order chi connectivity index (χ1) is 11.4. The Hall–Kier alpha value is -2.22. The van der Waals surface area contributed by atoms with Gasteiger partial charge in [-0.05, 0) is 32.4 Å². The number of nitrogens with one attached hydrogen (secondary N) is 1. The number of nitrogens with zero attached hydrogens (tertiary/aromatic N) is 3. The number of hydrogen-bond donors (Lipinski definition) is 2. The number of para-hydroxylation sites is 1. The molecule has 8 heteroatoms. The molecule has 1 amide bonds. The maximum absolute atomic E-state index is 12.0. The molecule has 0 atom stereocenters. The molecule has 1 aromatic heterocycles. The minimum Gasteiger partial charge on any atom is -0.496 e. The largest absolute Gasteiger partial charge is 0.496 e. The Labute approximate surface area is 145 Å². The molecule has 130 valence electrons. The molecule has 0 aliphatic rings. The average molecular weight is 349 g/mol. The highest BCUT2D eigenvalue weighted by atomic mass is 32.2. The number of nitrogen functional groups attached to an aromatic ring is 1. The molecule has 24 heavy (non-hydrogen) atoms. The molecule has 1 aromatic carbocycles. The van der Waals surface area contributed by atoms with E-state index in [2.05, 4.69) is 15.5 Å². The van der Waals surface area contributed by atoms with Gasteiger partial charge in [0.25, 0.3) is 0 Å². The van der Waals surface area contributed by atoms with Gasteiger partial charge in [-0.2, -0.15) is 0 Å². The van der Waals surface area contributed by atoms with Crippen molar-refractivity contribution in [3.63, 3.8) is 0 Å². The van der Waals surface area contributed by atoms with E-state index in [1.807, 2.05) is 45.0 Å². The third-order valence-electron chi connectivity index (χ3n) is 3.71. The number of methoxy groups -OCH3 is 1. The van der Waals surface area contributed by atoms with E-state index in [-0.39, 0.29) is 17.2 Å². The minimum atomic E-state index is -0.226. The Bertz CT molecular complexity index is 714. The highest BCUT2D eigenvalue weighted by Crippen LogP contribution is 2.29. The fourth-order valence-corrected chi connectivity index (χ4v) is 2.68. The molecule has 1 heterocycles. The third-order valence-corrected chi connectivity index (χ3v) is 4.65. The van der Waals surface area contributed by atoms with Gasteiger partial charge in [0.1, 0.15) is 5.75 Å². The number of amides is 1. The molecular formula is C16H23N5O2S. The second-order valence-corrected chi connectivity index (χ2v) is 6.89. The van der Waals surface area contributed by atoms with Crippen molar-refractivity contribution in [1.82, 2.24) is 20.2 Å². The van der Waals surface area contributed by atoms with Crippen LogP contribution in [0.4, 0.5) is 0 Å². The van der Waals surface area contributed by atoms with E-state index in [1.165, 1.54) is 16.4 Å². The summed E-state index contributed by atoms with van der Waals surface area (Å²) in [5.74, 6) is 7.40. The van der Waals surface area contributed by atoms with Gasteiger partial charge in [-0.3, -0.25) is 4.79 Å². The summed E-state index contributed by atoms with van der Waals surface area (Å²) >= 11 is 1.25. The number of ether oxygens (including phenoxy) is 1. The van der Waals surface area contributed by atoms with Crippen LogP contribution in [-0.4, -0.2) is 39.2 Å². The van der Waals surface area contributed by atoms with Crippen molar-refractivity contribution in [1.29, 1.82) is 0 Å². The van der Waals surface area contributed by atoms with Crippen molar-refractivity contribution < 1.29 is 9.53 Å². The lowest BCUT2D eigenvalue weighted by molar-refractivity contribution is -0.120. The first kappa shape index (κ1) is 18.1. The lowest BCUT2D eigenvalue weighted by Crippen LogP contribution is -2.43. The normalized spacial score (nSPS) is 11.3. The number of benzene rings is 1. The van der Waals surface area contributed by atoms with E-state index in [1.54, 1.807) is 7.11 Å². The van der Waals surface area contributed by atoms with Crippen molar-refractivity contribution in [3.05, 3.63) is 24.3 Å². The van der Waals surface area contributed by atoms with Gasteiger partial charge in [-0.25, -0.2) is 4.68 Å². The maximum Gasteiger partial charge on any atom is 0.230 e. The van der Waals surface area contributed by atoms with Gasteiger partial charge in [0.15, 0.2) is 5.82 Å². The first-order valence-electron chi connectivity index (χ1n) is 7.65. The van der Waals surface area contributed by atoms with Gasteiger partial charge in [-0.15, -0.1) is 10.2 Å². The molecule has 0 spiro atoms. The van der Waals surface area contributed by atoms with Crippen LogP contribution in [0.5, 0.6) is 5.75 Å². The van der Waals surface area contributed by atoms with Crippen LogP contribution in [-0.2, 0) is 4.79 Å². The molecule has 7 nitrogen and oxygen atoms in total. The number of carbonyl (C=O) groups excluding carboxylic acids is 1. The lowest BCUT2D eigenvalue weighted by atomic mass is 10.0. The van der Waals surface area contributed by atoms with E-state index in [9.17, 15) is 4.79 Å². The number of aromatic nitrogens is 3. The Balaban J connectivity index is 2.09. The smallest absolute Gasteiger partial charge is 0.230 e. The fourth-order valence-electron chi connectivity index (χ4n) is 2.02. The first-order valence-corrected chi connectivity index (χ1v) is 8.64. The van der Waals surface area contributed by atoms with E-state index in [0.717, 1.165) is 12.0 Å². The molecule has 0 saturated heterocycles. The number of thioether (sulfide) groups is 1. The standard InChI is InChI=1S/C16H23N5O2S/c1-5-16(2,3)18-13(22)10-24-15-20-19-14(21(15)17)11-8-6-7-9-12(11)23-4/h6-9H,5,10,17H2,1-4H3,(H,18,22). The minimum absolute atomic E-state index is 0.0614. The summed E-state index contributed by atoms with van der Waals surface area (Å²) in [6.07, 6.45) is 0.856. The summed E-state index contributed by atoms with van der Waals surface area (Å²) in [5.41, 5.74) is 0.523. The van der Waals surface area contributed by atoms with Gasteiger partial charge in [0.2, 0.25) is 11.1 Å². The van der Waals surface area contributed by atoms with Crippen molar-refractivity contribution >= 4 is 17.7 Å². The van der Waals surface area contributed by atoms with E-state index in [0.29, 0.717) is 16.7 Å². The van der Waals surface area contributed by atoms with E-state index >= 15 is 0 Å². The molecule has 2 rings (SSSR count). The molecular weight excluding hydrogens is 326 g/mol. The summed E-state index contributed by atoms with van der Waals surface area (Å²) in [6, 6.07) is 7.43. The summed E-state index contributed by atoms with van der Waals surface area (Å²) in [4.78, 5) is 12.0. The highest BCUT2D eigenvalue weighted by Gasteiger charge is 2.20.